The molecule has 0 spiro atoms. The summed E-state index contributed by atoms with van der Waals surface area (Å²) >= 11 is 0. The summed E-state index contributed by atoms with van der Waals surface area (Å²) in [5, 5.41) is 0.115. The van der Waals surface area contributed by atoms with Crippen molar-refractivity contribution in [2.45, 2.75) is 70.5 Å². The highest BCUT2D eigenvalue weighted by Gasteiger charge is 2.36. The molecule has 0 aliphatic heterocycles. The SMILES string of the molecule is Cc1ccccc1CS(=O)(=O)c1ncc(CN(CC2CC2)C(=O)C2CC2)n1CC(C)C. The molecule has 0 atom stereocenters. The number of nitrogens with zero attached hydrogens (tertiary/aromatic N) is 3. The number of benzene rings is 1. The van der Waals surface area contributed by atoms with E-state index in [2.05, 4.69) is 18.8 Å². The molecule has 7 heteroatoms. The summed E-state index contributed by atoms with van der Waals surface area (Å²) in [5.74, 6) is 1.16. The van der Waals surface area contributed by atoms with E-state index in [1.54, 1.807) is 6.20 Å². The van der Waals surface area contributed by atoms with E-state index in [9.17, 15) is 13.2 Å². The van der Waals surface area contributed by atoms with Crippen molar-refractivity contribution in [3.63, 3.8) is 0 Å². The van der Waals surface area contributed by atoms with Gasteiger partial charge in [-0.25, -0.2) is 13.4 Å². The zero-order valence-corrected chi connectivity index (χ0v) is 19.6. The van der Waals surface area contributed by atoms with Crippen molar-refractivity contribution in [3.05, 3.63) is 47.3 Å². The number of carbonyl (C=O) groups is 1. The van der Waals surface area contributed by atoms with Gasteiger partial charge in [-0.2, -0.15) is 0 Å². The lowest BCUT2D eigenvalue weighted by Gasteiger charge is -2.24. The highest BCUT2D eigenvalue weighted by Crippen LogP contribution is 2.35. The second kappa shape index (κ2) is 8.77. The molecule has 0 N–H and O–H groups in total. The van der Waals surface area contributed by atoms with Gasteiger partial charge in [0.15, 0.2) is 0 Å². The number of hydrogen-bond donors (Lipinski definition) is 0. The van der Waals surface area contributed by atoms with E-state index >= 15 is 0 Å². The van der Waals surface area contributed by atoms with Crippen LogP contribution in [0.1, 0.15) is 56.4 Å². The molecule has 1 heterocycles. The number of aryl methyl sites for hydroxylation is 1. The largest absolute Gasteiger partial charge is 0.336 e. The Labute approximate surface area is 185 Å². The molecule has 4 rings (SSSR count). The van der Waals surface area contributed by atoms with Gasteiger partial charge in [0.2, 0.25) is 20.9 Å². The maximum absolute atomic E-state index is 13.3. The molecular weight excluding hydrogens is 410 g/mol. The fourth-order valence-electron chi connectivity index (χ4n) is 4.00. The van der Waals surface area contributed by atoms with Crippen LogP contribution in [0, 0.1) is 24.7 Å². The smallest absolute Gasteiger partial charge is 0.228 e. The van der Waals surface area contributed by atoms with E-state index in [0.29, 0.717) is 19.0 Å². The van der Waals surface area contributed by atoms with Gasteiger partial charge < -0.3 is 9.47 Å². The molecular formula is C24H33N3O3S. The van der Waals surface area contributed by atoms with Crippen molar-refractivity contribution >= 4 is 15.7 Å². The lowest BCUT2D eigenvalue weighted by molar-refractivity contribution is -0.133. The third-order valence-corrected chi connectivity index (χ3v) is 7.67. The average molecular weight is 444 g/mol. The van der Waals surface area contributed by atoms with Crippen LogP contribution in [0.5, 0.6) is 0 Å². The van der Waals surface area contributed by atoms with Crippen molar-refractivity contribution in [2.75, 3.05) is 6.54 Å². The molecule has 6 nitrogen and oxygen atoms in total. The van der Waals surface area contributed by atoms with Crippen LogP contribution in [0.25, 0.3) is 0 Å². The van der Waals surface area contributed by atoms with E-state index in [4.69, 9.17) is 0 Å². The van der Waals surface area contributed by atoms with E-state index < -0.39 is 9.84 Å². The number of imidazole rings is 1. The van der Waals surface area contributed by atoms with E-state index in [1.165, 1.54) is 12.8 Å². The molecule has 1 aromatic carbocycles. The molecule has 31 heavy (non-hydrogen) atoms. The fraction of sp³-hybridized carbons (Fsp3) is 0.583. The number of rotatable bonds is 10. The van der Waals surface area contributed by atoms with Crippen LogP contribution in [0.15, 0.2) is 35.6 Å². The normalized spacial score (nSPS) is 16.6. The van der Waals surface area contributed by atoms with Crippen LogP contribution in [-0.2, 0) is 33.5 Å². The second-order valence-electron chi connectivity index (χ2n) is 9.66. The maximum atomic E-state index is 13.3. The predicted octanol–water partition coefficient (Wildman–Crippen LogP) is 3.97. The van der Waals surface area contributed by atoms with Crippen LogP contribution in [0.2, 0.25) is 0 Å². The average Bonchev–Trinajstić information content (AvgIpc) is 3.62. The van der Waals surface area contributed by atoms with Crippen molar-refractivity contribution in [2.24, 2.45) is 17.8 Å². The standard InChI is InChI=1S/C24H33N3O3S/c1-17(2)13-27-22(15-26(14-19-8-9-19)23(28)20-10-11-20)12-25-24(27)31(29,30)16-21-7-5-4-6-18(21)3/h4-7,12,17,19-20H,8-11,13-16H2,1-3H3. The molecule has 0 saturated heterocycles. The third kappa shape index (κ3) is 5.37. The van der Waals surface area contributed by atoms with Gasteiger partial charge in [0.25, 0.3) is 0 Å². The molecule has 0 bridgehead atoms. The molecule has 168 valence electrons. The predicted molar refractivity (Wildman–Crippen MR) is 120 cm³/mol. The number of sulfone groups is 1. The van der Waals surface area contributed by atoms with Gasteiger partial charge in [0.1, 0.15) is 0 Å². The Balaban J connectivity index is 1.62. The summed E-state index contributed by atoms with van der Waals surface area (Å²) in [6.45, 7) is 7.83. The zero-order valence-electron chi connectivity index (χ0n) is 18.8. The first-order valence-electron chi connectivity index (χ1n) is 11.3. The summed E-state index contributed by atoms with van der Waals surface area (Å²) in [7, 11) is -3.61. The molecule has 0 unspecified atom stereocenters. The zero-order chi connectivity index (χ0) is 22.2. The molecule has 1 amide bonds. The summed E-state index contributed by atoms with van der Waals surface area (Å²) in [6.07, 6.45) is 5.96. The minimum Gasteiger partial charge on any atom is -0.336 e. The monoisotopic (exact) mass is 443 g/mol. The summed E-state index contributed by atoms with van der Waals surface area (Å²) in [4.78, 5) is 19.2. The van der Waals surface area contributed by atoms with E-state index in [1.807, 2.05) is 40.7 Å². The highest BCUT2D eigenvalue weighted by molar-refractivity contribution is 7.90. The molecule has 0 radical (unpaired) electrons. The van der Waals surface area contributed by atoms with Gasteiger partial charge in [-0.05, 0) is 55.6 Å². The first kappa shape index (κ1) is 22.1. The van der Waals surface area contributed by atoms with Crippen LogP contribution in [-0.4, -0.2) is 35.3 Å². The van der Waals surface area contributed by atoms with Crippen molar-refractivity contribution < 1.29 is 13.2 Å². The highest BCUT2D eigenvalue weighted by atomic mass is 32.2. The fourth-order valence-corrected chi connectivity index (χ4v) is 5.60. The Morgan fingerprint density at radius 2 is 1.90 bits per heavy atom. The van der Waals surface area contributed by atoms with Crippen molar-refractivity contribution in [3.8, 4) is 0 Å². The van der Waals surface area contributed by atoms with Crippen LogP contribution in [0.4, 0.5) is 0 Å². The number of aromatic nitrogens is 2. The molecule has 2 aliphatic carbocycles. The molecule has 2 saturated carbocycles. The van der Waals surface area contributed by atoms with Crippen LogP contribution < -0.4 is 0 Å². The summed E-state index contributed by atoms with van der Waals surface area (Å²) < 4.78 is 28.5. The Bertz CT molecular complexity index is 1050. The van der Waals surface area contributed by atoms with E-state index in [-0.39, 0.29) is 28.7 Å². The van der Waals surface area contributed by atoms with Gasteiger partial charge in [-0.3, -0.25) is 4.79 Å². The molecule has 2 aromatic rings. The number of carbonyl (C=O) groups excluding carboxylic acids is 1. The Hall–Kier alpha value is -2.15. The topological polar surface area (TPSA) is 72.3 Å². The number of amides is 1. The lowest BCUT2D eigenvalue weighted by atomic mass is 10.1. The quantitative estimate of drug-likeness (QED) is 0.557. The first-order chi connectivity index (χ1) is 14.7. The Morgan fingerprint density at radius 3 is 2.52 bits per heavy atom. The number of hydrogen-bond acceptors (Lipinski definition) is 4. The lowest BCUT2D eigenvalue weighted by Crippen LogP contribution is -2.34. The third-order valence-electron chi connectivity index (χ3n) is 6.10. The van der Waals surface area contributed by atoms with Crippen LogP contribution >= 0.6 is 0 Å². The van der Waals surface area contributed by atoms with Gasteiger partial charge in [-0.15, -0.1) is 0 Å². The maximum Gasteiger partial charge on any atom is 0.228 e. The summed E-state index contributed by atoms with van der Waals surface area (Å²) in [5.41, 5.74) is 2.56. The Kier molecular flexibility index (Phi) is 6.24. The minimum absolute atomic E-state index is 0.0684. The van der Waals surface area contributed by atoms with Gasteiger partial charge in [0.05, 0.1) is 24.2 Å². The van der Waals surface area contributed by atoms with Crippen molar-refractivity contribution in [1.29, 1.82) is 0 Å². The second-order valence-corrected chi connectivity index (χ2v) is 11.5. The van der Waals surface area contributed by atoms with Gasteiger partial charge in [-0.1, -0.05) is 38.1 Å². The Morgan fingerprint density at radius 1 is 1.19 bits per heavy atom. The molecule has 2 aliphatic rings. The molecule has 1 aromatic heterocycles. The molecule has 2 fully saturated rings. The van der Waals surface area contributed by atoms with E-state index in [0.717, 1.165) is 36.2 Å². The first-order valence-corrected chi connectivity index (χ1v) is 13.0. The van der Waals surface area contributed by atoms with Gasteiger partial charge >= 0.3 is 0 Å². The van der Waals surface area contributed by atoms with Crippen molar-refractivity contribution in [1.82, 2.24) is 14.5 Å². The minimum atomic E-state index is -3.61. The van der Waals surface area contributed by atoms with Gasteiger partial charge in [0, 0.05) is 19.0 Å². The summed E-state index contributed by atoms with van der Waals surface area (Å²) in [6, 6.07) is 7.56. The van der Waals surface area contributed by atoms with Crippen LogP contribution in [0.3, 0.4) is 0 Å².